The first-order chi connectivity index (χ1) is 6.69. The first-order valence-corrected chi connectivity index (χ1v) is 4.22. The highest BCUT2D eigenvalue weighted by Gasteiger charge is 2.12. The van der Waals surface area contributed by atoms with Gasteiger partial charge in [0.25, 0.3) is 0 Å². The third-order valence-electron chi connectivity index (χ3n) is 1.56. The Morgan fingerprint density at radius 1 is 1.57 bits per heavy atom. The number of halogens is 1. The molecule has 0 aliphatic heterocycles. The zero-order valence-corrected chi connectivity index (χ0v) is 8.38. The van der Waals surface area contributed by atoms with E-state index in [4.69, 9.17) is 16.3 Å². The summed E-state index contributed by atoms with van der Waals surface area (Å²) in [4.78, 5) is 11.3. The van der Waals surface area contributed by atoms with Gasteiger partial charge in [-0.25, -0.2) is 4.79 Å². The van der Waals surface area contributed by atoms with Crippen LogP contribution in [0, 0.1) is 0 Å². The van der Waals surface area contributed by atoms with Crippen LogP contribution in [0.15, 0.2) is 31.0 Å². The van der Waals surface area contributed by atoms with Gasteiger partial charge < -0.3 is 9.47 Å². The summed E-state index contributed by atoms with van der Waals surface area (Å²) < 4.78 is 9.59. The molecule has 0 heterocycles. The second-order valence-corrected chi connectivity index (χ2v) is 2.85. The minimum Gasteiger partial charge on any atom is -0.465 e. The summed E-state index contributed by atoms with van der Waals surface area (Å²) in [6.07, 6.45) is 1.23. The summed E-state index contributed by atoms with van der Waals surface area (Å²) in [6.45, 7) is 3.40. The molecule has 0 saturated heterocycles. The van der Waals surface area contributed by atoms with E-state index in [1.54, 1.807) is 12.1 Å². The summed E-state index contributed by atoms with van der Waals surface area (Å²) in [6, 6.07) is 4.68. The molecule has 0 radical (unpaired) electrons. The van der Waals surface area contributed by atoms with Crippen molar-refractivity contribution in [3.05, 3.63) is 41.6 Å². The number of carbonyl (C=O) groups excluding carboxylic acids is 1. The summed E-state index contributed by atoms with van der Waals surface area (Å²) in [7, 11) is 1.29. The average molecular weight is 213 g/mol. The molecule has 0 aliphatic rings. The summed E-state index contributed by atoms with van der Waals surface area (Å²) in [5.41, 5.74) is 0.278. The maximum atomic E-state index is 11.3. The Labute approximate surface area is 86.9 Å². The third-order valence-corrected chi connectivity index (χ3v) is 1.79. The molecule has 0 fully saturated rings. The topological polar surface area (TPSA) is 35.5 Å². The van der Waals surface area contributed by atoms with Gasteiger partial charge in [-0.15, -0.1) is 0 Å². The van der Waals surface area contributed by atoms with Gasteiger partial charge in [0.15, 0.2) is 0 Å². The maximum absolute atomic E-state index is 11.3. The highest BCUT2D eigenvalue weighted by atomic mass is 35.5. The van der Waals surface area contributed by atoms with Crippen LogP contribution < -0.4 is 4.74 Å². The van der Waals surface area contributed by atoms with Crippen molar-refractivity contribution in [2.45, 2.75) is 0 Å². The number of ether oxygens (including phenoxy) is 2. The van der Waals surface area contributed by atoms with Gasteiger partial charge in [0.05, 0.1) is 13.4 Å². The van der Waals surface area contributed by atoms with Crippen LogP contribution in [0.1, 0.15) is 10.4 Å². The van der Waals surface area contributed by atoms with E-state index < -0.39 is 5.97 Å². The molecule has 3 nitrogen and oxygen atoms in total. The third kappa shape index (κ3) is 2.26. The molecule has 0 saturated carbocycles. The van der Waals surface area contributed by atoms with Crippen molar-refractivity contribution in [2.75, 3.05) is 7.11 Å². The second kappa shape index (κ2) is 4.67. The average Bonchev–Trinajstić information content (AvgIpc) is 2.20. The zero-order valence-electron chi connectivity index (χ0n) is 7.62. The van der Waals surface area contributed by atoms with Crippen LogP contribution in [0.25, 0.3) is 0 Å². The van der Waals surface area contributed by atoms with Crippen LogP contribution in [-0.2, 0) is 4.74 Å². The van der Waals surface area contributed by atoms with Gasteiger partial charge in [-0.2, -0.15) is 0 Å². The lowest BCUT2D eigenvalue weighted by molar-refractivity contribution is 0.0598. The molecule has 0 N–H and O–H groups in total. The van der Waals surface area contributed by atoms with E-state index in [9.17, 15) is 4.79 Å². The Hall–Kier alpha value is -1.48. The van der Waals surface area contributed by atoms with Crippen LogP contribution in [0.4, 0.5) is 0 Å². The van der Waals surface area contributed by atoms with Gasteiger partial charge in [0.1, 0.15) is 11.3 Å². The van der Waals surface area contributed by atoms with Gasteiger partial charge in [-0.3, -0.25) is 0 Å². The summed E-state index contributed by atoms with van der Waals surface area (Å²) >= 11 is 5.73. The Morgan fingerprint density at radius 3 is 2.86 bits per heavy atom. The van der Waals surface area contributed by atoms with E-state index in [2.05, 4.69) is 11.3 Å². The molecule has 0 unspecified atom stereocenters. The van der Waals surface area contributed by atoms with Gasteiger partial charge in [0.2, 0.25) is 0 Å². The molecule has 1 rings (SSSR count). The molecule has 0 aromatic heterocycles. The van der Waals surface area contributed by atoms with Crippen molar-refractivity contribution in [3.8, 4) is 5.75 Å². The first kappa shape index (κ1) is 10.6. The standard InChI is InChI=1S/C10H9ClO3/c1-3-14-9-5-4-7(11)6-8(9)10(12)13-2/h3-6H,1H2,2H3. The number of esters is 1. The van der Waals surface area contributed by atoms with Crippen molar-refractivity contribution in [1.82, 2.24) is 0 Å². The van der Waals surface area contributed by atoms with Crippen LogP contribution >= 0.6 is 11.6 Å². The predicted molar refractivity (Wildman–Crippen MR) is 53.6 cm³/mol. The minimum atomic E-state index is -0.496. The number of methoxy groups -OCH3 is 1. The second-order valence-electron chi connectivity index (χ2n) is 2.42. The Kier molecular flexibility index (Phi) is 3.54. The highest BCUT2D eigenvalue weighted by Crippen LogP contribution is 2.23. The molecular weight excluding hydrogens is 204 g/mol. The summed E-state index contributed by atoms with van der Waals surface area (Å²) in [5, 5.41) is 0.446. The lowest BCUT2D eigenvalue weighted by Gasteiger charge is -2.06. The zero-order chi connectivity index (χ0) is 10.6. The van der Waals surface area contributed by atoms with Crippen LogP contribution in [0.5, 0.6) is 5.75 Å². The van der Waals surface area contributed by atoms with Crippen molar-refractivity contribution < 1.29 is 14.3 Å². The highest BCUT2D eigenvalue weighted by molar-refractivity contribution is 6.31. The van der Waals surface area contributed by atoms with Crippen molar-refractivity contribution >= 4 is 17.6 Å². The number of benzene rings is 1. The fourth-order valence-corrected chi connectivity index (χ4v) is 1.14. The van der Waals surface area contributed by atoms with E-state index in [0.717, 1.165) is 0 Å². The molecule has 0 atom stereocenters. The normalized spacial score (nSPS) is 9.29. The maximum Gasteiger partial charge on any atom is 0.341 e. The van der Waals surface area contributed by atoms with Crippen LogP contribution in [0.3, 0.4) is 0 Å². The molecule has 0 spiro atoms. The molecule has 4 heteroatoms. The van der Waals surface area contributed by atoms with Gasteiger partial charge >= 0.3 is 5.97 Å². The van der Waals surface area contributed by atoms with Crippen LogP contribution in [-0.4, -0.2) is 13.1 Å². The molecule has 1 aromatic carbocycles. The SMILES string of the molecule is C=COc1ccc(Cl)cc1C(=O)OC. The minimum absolute atomic E-state index is 0.278. The molecule has 74 valence electrons. The lowest BCUT2D eigenvalue weighted by Crippen LogP contribution is -2.03. The van der Waals surface area contributed by atoms with E-state index in [-0.39, 0.29) is 5.56 Å². The lowest BCUT2D eigenvalue weighted by atomic mass is 10.2. The van der Waals surface area contributed by atoms with Gasteiger partial charge in [-0.1, -0.05) is 18.2 Å². The van der Waals surface area contributed by atoms with Crippen molar-refractivity contribution in [3.63, 3.8) is 0 Å². The predicted octanol–water partition coefficient (Wildman–Crippen LogP) is 2.65. The Bertz CT molecular complexity index is 360. The number of rotatable bonds is 3. The first-order valence-electron chi connectivity index (χ1n) is 3.84. The largest absolute Gasteiger partial charge is 0.465 e. The molecule has 0 aliphatic carbocycles. The molecule has 0 amide bonds. The van der Waals surface area contributed by atoms with Crippen molar-refractivity contribution in [1.29, 1.82) is 0 Å². The molecule has 1 aromatic rings. The fourth-order valence-electron chi connectivity index (χ4n) is 0.964. The van der Waals surface area contributed by atoms with E-state index in [1.165, 1.54) is 19.4 Å². The Morgan fingerprint density at radius 2 is 2.29 bits per heavy atom. The monoisotopic (exact) mass is 212 g/mol. The van der Waals surface area contributed by atoms with Crippen LogP contribution in [0.2, 0.25) is 5.02 Å². The fraction of sp³-hybridized carbons (Fsp3) is 0.100. The van der Waals surface area contributed by atoms with E-state index in [1.807, 2.05) is 0 Å². The van der Waals surface area contributed by atoms with Gasteiger partial charge in [0, 0.05) is 5.02 Å². The molecular formula is C10H9ClO3. The van der Waals surface area contributed by atoms with Gasteiger partial charge in [-0.05, 0) is 18.2 Å². The number of carbonyl (C=O) groups is 1. The number of hydrogen-bond acceptors (Lipinski definition) is 3. The quantitative estimate of drug-likeness (QED) is 0.571. The Balaban J connectivity index is 3.14. The smallest absolute Gasteiger partial charge is 0.341 e. The molecule has 14 heavy (non-hydrogen) atoms. The summed E-state index contributed by atoms with van der Waals surface area (Å²) in [5.74, 6) is -0.124. The number of hydrogen-bond donors (Lipinski definition) is 0. The van der Waals surface area contributed by atoms with Crippen molar-refractivity contribution in [2.24, 2.45) is 0 Å². The molecule has 0 bridgehead atoms. The van der Waals surface area contributed by atoms with E-state index >= 15 is 0 Å². The van der Waals surface area contributed by atoms with E-state index in [0.29, 0.717) is 10.8 Å².